The van der Waals surface area contributed by atoms with Gasteiger partial charge in [-0.25, -0.2) is 4.99 Å². The predicted octanol–water partition coefficient (Wildman–Crippen LogP) is 4.38. The lowest BCUT2D eigenvalue weighted by Gasteiger charge is -2.16. The summed E-state index contributed by atoms with van der Waals surface area (Å²) in [7, 11) is 0. The summed E-state index contributed by atoms with van der Waals surface area (Å²) >= 11 is 6.05. The van der Waals surface area contributed by atoms with Crippen molar-refractivity contribution < 1.29 is 4.79 Å². The second-order valence-electron chi connectivity index (χ2n) is 7.24. The van der Waals surface area contributed by atoms with Crippen LogP contribution < -0.4 is 10.6 Å². The molecular formula is C23H30ClIN4O. The maximum absolute atomic E-state index is 11.9. The summed E-state index contributed by atoms with van der Waals surface area (Å²) in [5.41, 5.74) is 3.50. The number of hydrogen-bond donors (Lipinski definition) is 2. The highest BCUT2D eigenvalue weighted by molar-refractivity contribution is 14.0. The van der Waals surface area contributed by atoms with Gasteiger partial charge in [0, 0.05) is 37.6 Å². The Hall–Kier alpha value is -1.80. The normalized spacial score (nSPS) is 13.9. The van der Waals surface area contributed by atoms with Gasteiger partial charge in [-0.2, -0.15) is 0 Å². The van der Waals surface area contributed by atoms with Crippen molar-refractivity contribution in [1.82, 2.24) is 15.5 Å². The number of aliphatic imine (C=N–C) groups is 1. The third kappa shape index (κ3) is 7.80. The van der Waals surface area contributed by atoms with Gasteiger partial charge in [-0.3, -0.25) is 4.79 Å². The standard InChI is InChI=1S/C23H29ClN4O.HI/c1-2-25-23(26-12-11-18-6-4-9-21(24)15-18)27-16-19-7-3-8-20(14-19)17-28-13-5-10-22(28)29;/h3-4,6-9,14-15H,2,5,10-13,16-17H2,1H3,(H2,25,26,27);1H. The molecule has 0 unspecified atom stereocenters. The summed E-state index contributed by atoms with van der Waals surface area (Å²) in [6, 6.07) is 16.3. The minimum Gasteiger partial charge on any atom is -0.357 e. The fraction of sp³-hybridized carbons (Fsp3) is 0.391. The molecule has 3 rings (SSSR count). The molecule has 0 spiro atoms. The zero-order valence-electron chi connectivity index (χ0n) is 17.4. The molecule has 1 aliphatic rings. The van der Waals surface area contributed by atoms with E-state index in [9.17, 15) is 4.79 Å². The van der Waals surface area contributed by atoms with Crippen LogP contribution in [0.5, 0.6) is 0 Å². The van der Waals surface area contributed by atoms with Crippen molar-refractivity contribution in [3.05, 3.63) is 70.2 Å². The summed E-state index contributed by atoms with van der Waals surface area (Å²) in [4.78, 5) is 18.5. The average molecular weight is 541 g/mol. The number of halogens is 2. The molecule has 5 nitrogen and oxygen atoms in total. The van der Waals surface area contributed by atoms with Crippen LogP contribution in [0.25, 0.3) is 0 Å². The van der Waals surface area contributed by atoms with Gasteiger partial charge in [-0.1, -0.05) is 48.0 Å². The van der Waals surface area contributed by atoms with Crippen LogP contribution in [-0.2, 0) is 24.3 Å². The van der Waals surface area contributed by atoms with Crippen molar-refractivity contribution in [3.8, 4) is 0 Å². The molecule has 0 aromatic heterocycles. The van der Waals surface area contributed by atoms with E-state index in [1.807, 2.05) is 29.2 Å². The summed E-state index contributed by atoms with van der Waals surface area (Å²) in [6.07, 6.45) is 2.52. The molecule has 1 fully saturated rings. The number of nitrogens with one attached hydrogen (secondary N) is 2. The molecule has 0 bridgehead atoms. The van der Waals surface area contributed by atoms with Crippen LogP contribution in [0.4, 0.5) is 0 Å². The Morgan fingerprint density at radius 2 is 1.87 bits per heavy atom. The number of hydrogen-bond acceptors (Lipinski definition) is 2. The van der Waals surface area contributed by atoms with E-state index in [-0.39, 0.29) is 29.9 Å². The lowest BCUT2D eigenvalue weighted by Crippen LogP contribution is -2.38. The number of rotatable bonds is 8. The zero-order chi connectivity index (χ0) is 20.5. The van der Waals surface area contributed by atoms with Crippen LogP contribution >= 0.6 is 35.6 Å². The molecule has 2 aromatic rings. The zero-order valence-corrected chi connectivity index (χ0v) is 20.5. The minimum atomic E-state index is 0. The van der Waals surface area contributed by atoms with Crippen molar-refractivity contribution in [1.29, 1.82) is 0 Å². The number of carbonyl (C=O) groups excluding carboxylic acids is 1. The lowest BCUT2D eigenvalue weighted by molar-refractivity contribution is -0.128. The smallest absolute Gasteiger partial charge is 0.222 e. The number of nitrogens with zero attached hydrogens (tertiary/aromatic N) is 2. The molecule has 0 atom stereocenters. The van der Waals surface area contributed by atoms with Crippen LogP contribution in [0.2, 0.25) is 5.02 Å². The van der Waals surface area contributed by atoms with E-state index in [0.717, 1.165) is 54.6 Å². The molecule has 0 aliphatic carbocycles. The molecule has 1 heterocycles. The number of benzene rings is 2. The second kappa shape index (κ2) is 12.8. The Morgan fingerprint density at radius 1 is 1.10 bits per heavy atom. The molecule has 1 saturated heterocycles. The first-order valence-corrected chi connectivity index (χ1v) is 10.6. The number of carbonyl (C=O) groups is 1. The second-order valence-corrected chi connectivity index (χ2v) is 7.68. The first kappa shape index (κ1) is 24.5. The SMILES string of the molecule is CCNC(=NCc1cccc(CN2CCCC2=O)c1)NCCc1cccc(Cl)c1.I. The lowest BCUT2D eigenvalue weighted by atomic mass is 10.1. The monoisotopic (exact) mass is 540 g/mol. The van der Waals surface area contributed by atoms with Crippen LogP contribution in [0.15, 0.2) is 53.5 Å². The quantitative estimate of drug-likeness (QED) is 0.297. The molecule has 0 radical (unpaired) electrons. The highest BCUT2D eigenvalue weighted by atomic mass is 127. The fourth-order valence-corrected chi connectivity index (χ4v) is 3.66. The van der Waals surface area contributed by atoms with E-state index in [2.05, 4.69) is 41.8 Å². The molecule has 162 valence electrons. The first-order chi connectivity index (χ1) is 14.1. The van der Waals surface area contributed by atoms with Gasteiger partial charge in [0.2, 0.25) is 5.91 Å². The average Bonchev–Trinajstić information content (AvgIpc) is 3.11. The molecule has 7 heteroatoms. The van der Waals surface area contributed by atoms with Crippen LogP contribution in [0.1, 0.15) is 36.5 Å². The van der Waals surface area contributed by atoms with E-state index in [1.165, 1.54) is 5.56 Å². The fourth-order valence-electron chi connectivity index (χ4n) is 3.45. The van der Waals surface area contributed by atoms with Crippen molar-refractivity contribution in [2.24, 2.45) is 4.99 Å². The largest absolute Gasteiger partial charge is 0.357 e. The van der Waals surface area contributed by atoms with Gasteiger partial charge in [-0.15, -0.1) is 24.0 Å². The van der Waals surface area contributed by atoms with Gasteiger partial charge >= 0.3 is 0 Å². The molecule has 1 aliphatic heterocycles. The molecular weight excluding hydrogens is 511 g/mol. The van der Waals surface area contributed by atoms with Crippen molar-refractivity contribution >= 4 is 47.4 Å². The first-order valence-electron chi connectivity index (χ1n) is 10.3. The van der Waals surface area contributed by atoms with Crippen molar-refractivity contribution in [2.75, 3.05) is 19.6 Å². The Bertz CT molecular complexity index is 859. The summed E-state index contributed by atoms with van der Waals surface area (Å²) in [5, 5.41) is 7.43. The molecule has 0 saturated carbocycles. The van der Waals surface area contributed by atoms with Gasteiger partial charge in [-0.05, 0) is 48.6 Å². The van der Waals surface area contributed by atoms with E-state index in [0.29, 0.717) is 19.5 Å². The third-order valence-electron chi connectivity index (χ3n) is 4.90. The molecule has 30 heavy (non-hydrogen) atoms. The Kier molecular flexibility index (Phi) is 10.4. The Balaban J connectivity index is 0.00000320. The van der Waals surface area contributed by atoms with Gasteiger partial charge in [0.1, 0.15) is 0 Å². The summed E-state index contributed by atoms with van der Waals surface area (Å²) < 4.78 is 0. The number of likely N-dealkylation sites (tertiary alicyclic amines) is 1. The third-order valence-corrected chi connectivity index (χ3v) is 5.13. The molecule has 1 amide bonds. The number of amides is 1. The molecule has 2 N–H and O–H groups in total. The Morgan fingerprint density at radius 3 is 2.60 bits per heavy atom. The van der Waals surface area contributed by atoms with Gasteiger partial charge in [0.25, 0.3) is 0 Å². The van der Waals surface area contributed by atoms with E-state index in [4.69, 9.17) is 16.6 Å². The highest BCUT2D eigenvalue weighted by Gasteiger charge is 2.19. The van der Waals surface area contributed by atoms with Gasteiger partial charge < -0.3 is 15.5 Å². The van der Waals surface area contributed by atoms with E-state index in [1.54, 1.807) is 0 Å². The highest BCUT2D eigenvalue weighted by Crippen LogP contribution is 2.15. The number of guanidine groups is 1. The molecule has 2 aromatic carbocycles. The summed E-state index contributed by atoms with van der Waals surface area (Å²) in [5.74, 6) is 1.06. The topological polar surface area (TPSA) is 56.7 Å². The van der Waals surface area contributed by atoms with Crippen LogP contribution in [-0.4, -0.2) is 36.4 Å². The van der Waals surface area contributed by atoms with E-state index < -0.39 is 0 Å². The van der Waals surface area contributed by atoms with Crippen LogP contribution in [0.3, 0.4) is 0 Å². The maximum atomic E-state index is 11.9. The van der Waals surface area contributed by atoms with Gasteiger partial charge in [0.05, 0.1) is 6.54 Å². The van der Waals surface area contributed by atoms with Crippen LogP contribution in [0, 0.1) is 0 Å². The van der Waals surface area contributed by atoms with Crippen molar-refractivity contribution in [2.45, 2.75) is 39.3 Å². The van der Waals surface area contributed by atoms with Crippen molar-refractivity contribution in [3.63, 3.8) is 0 Å². The minimum absolute atomic E-state index is 0. The Labute approximate surface area is 201 Å². The summed E-state index contributed by atoms with van der Waals surface area (Å²) in [6.45, 7) is 5.79. The predicted molar refractivity (Wildman–Crippen MR) is 134 cm³/mol. The maximum Gasteiger partial charge on any atom is 0.222 e. The van der Waals surface area contributed by atoms with E-state index >= 15 is 0 Å². The van der Waals surface area contributed by atoms with Gasteiger partial charge in [0.15, 0.2) is 5.96 Å².